The minimum atomic E-state index is -0.308. The summed E-state index contributed by atoms with van der Waals surface area (Å²) in [5.74, 6) is 0.154. The number of amides is 2. The van der Waals surface area contributed by atoms with Crippen molar-refractivity contribution in [2.75, 3.05) is 18.4 Å². The topological polar surface area (TPSA) is 67.2 Å². The van der Waals surface area contributed by atoms with Crippen molar-refractivity contribution in [2.24, 2.45) is 5.92 Å². The Balaban J connectivity index is 1.62. The van der Waals surface area contributed by atoms with Gasteiger partial charge in [0.05, 0.1) is 10.6 Å². The van der Waals surface area contributed by atoms with E-state index in [1.165, 1.54) is 11.3 Å². The number of aryl methyl sites for hydroxylation is 1. The Labute approximate surface area is 214 Å². The fourth-order valence-corrected chi connectivity index (χ4v) is 4.57. The van der Waals surface area contributed by atoms with Crippen molar-refractivity contribution in [1.29, 1.82) is 0 Å². The van der Waals surface area contributed by atoms with Gasteiger partial charge in [-0.25, -0.2) is 4.98 Å². The van der Waals surface area contributed by atoms with Gasteiger partial charge in [-0.1, -0.05) is 55.8 Å². The normalized spacial score (nSPS) is 11.0. The number of nitrogens with one attached hydrogen (secondary N) is 1. The molecule has 0 saturated carbocycles. The monoisotopic (exact) mass is 506 g/mol. The molecule has 8 heteroatoms. The van der Waals surface area contributed by atoms with E-state index < -0.39 is 0 Å². The van der Waals surface area contributed by atoms with Crippen LogP contribution >= 0.6 is 22.9 Å². The van der Waals surface area contributed by atoms with E-state index in [0.717, 1.165) is 16.8 Å². The summed E-state index contributed by atoms with van der Waals surface area (Å²) < 4.78 is 1.85. The Kier molecular flexibility index (Phi) is 7.68. The highest BCUT2D eigenvalue weighted by molar-refractivity contribution is 7.12. The Morgan fingerprint density at radius 3 is 2.54 bits per heavy atom. The summed E-state index contributed by atoms with van der Waals surface area (Å²) in [5, 5.41) is 5.43. The van der Waals surface area contributed by atoms with E-state index in [2.05, 4.69) is 5.32 Å². The second-order valence-corrected chi connectivity index (χ2v) is 10.2. The maximum Gasteiger partial charge on any atom is 0.264 e. The lowest BCUT2D eigenvalue weighted by atomic mass is 10.2. The molecule has 0 fully saturated rings. The summed E-state index contributed by atoms with van der Waals surface area (Å²) in [6.07, 6.45) is 1.89. The third-order valence-corrected chi connectivity index (χ3v) is 6.43. The molecule has 0 aliphatic carbocycles. The largest absolute Gasteiger partial charge is 0.328 e. The van der Waals surface area contributed by atoms with Crippen LogP contribution in [0.3, 0.4) is 0 Å². The van der Waals surface area contributed by atoms with Crippen LogP contribution in [0.2, 0.25) is 5.02 Å². The van der Waals surface area contributed by atoms with Gasteiger partial charge in [0, 0.05) is 29.0 Å². The number of halogens is 1. The zero-order chi connectivity index (χ0) is 24.9. The molecule has 0 unspecified atom stereocenters. The van der Waals surface area contributed by atoms with E-state index in [9.17, 15) is 9.59 Å². The number of rotatable bonds is 8. The first-order valence-corrected chi connectivity index (χ1v) is 12.6. The van der Waals surface area contributed by atoms with Gasteiger partial charge in [0.15, 0.2) is 0 Å². The van der Waals surface area contributed by atoms with Crippen molar-refractivity contribution >= 4 is 40.7 Å². The predicted molar refractivity (Wildman–Crippen MR) is 142 cm³/mol. The van der Waals surface area contributed by atoms with Crippen molar-refractivity contribution in [3.8, 4) is 16.9 Å². The SMILES string of the molecule is Cc1cccc(-n2cc(-c3ccc(Cl)cc3)nc2NC(=O)CN(CC(C)C)C(=O)c2cccs2)c1. The van der Waals surface area contributed by atoms with E-state index >= 15 is 0 Å². The maximum absolute atomic E-state index is 13.1. The predicted octanol–water partition coefficient (Wildman–Crippen LogP) is 6.30. The molecular formula is C27H27ClN4O2S. The molecule has 0 saturated heterocycles. The number of benzene rings is 2. The minimum absolute atomic E-state index is 0.0636. The Morgan fingerprint density at radius 2 is 1.89 bits per heavy atom. The van der Waals surface area contributed by atoms with Crippen molar-refractivity contribution < 1.29 is 9.59 Å². The van der Waals surface area contributed by atoms with E-state index in [0.29, 0.717) is 28.1 Å². The zero-order valence-corrected chi connectivity index (χ0v) is 21.4. The van der Waals surface area contributed by atoms with E-state index in [1.54, 1.807) is 23.1 Å². The molecule has 180 valence electrons. The smallest absolute Gasteiger partial charge is 0.264 e. The first-order chi connectivity index (χ1) is 16.8. The number of hydrogen-bond donors (Lipinski definition) is 1. The third kappa shape index (κ3) is 6.18. The van der Waals surface area contributed by atoms with Gasteiger partial charge in [0.25, 0.3) is 5.91 Å². The van der Waals surface area contributed by atoms with Crippen molar-refractivity contribution in [3.05, 3.63) is 87.7 Å². The zero-order valence-electron chi connectivity index (χ0n) is 19.9. The number of anilines is 1. The number of imidazole rings is 1. The first-order valence-electron chi connectivity index (χ1n) is 11.3. The summed E-state index contributed by atoms with van der Waals surface area (Å²) >= 11 is 7.42. The lowest BCUT2D eigenvalue weighted by Crippen LogP contribution is -2.40. The molecule has 0 bridgehead atoms. The van der Waals surface area contributed by atoms with Crippen molar-refractivity contribution in [1.82, 2.24) is 14.5 Å². The van der Waals surface area contributed by atoms with Gasteiger partial charge in [0.1, 0.15) is 6.54 Å². The number of carbonyl (C=O) groups excluding carboxylic acids is 2. The van der Waals surface area contributed by atoms with E-state index in [1.807, 2.05) is 79.4 Å². The van der Waals surface area contributed by atoms with Crippen LogP contribution in [-0.4, -0.2) is 39.4 Å². The molecule has 2 aromatic heterocycles. The first kappa shape index (κ1) is 24.7. The van der Waals surface area contributed by atoms with Gasteiger partial charge in [-0.2, -0.15) is 0 Å². The molecule has 0 atom stereocenters. The Hall–Kier alpha value is -3.42. The molecule has 4 rings (SSSR count). The van der Waals surface area contributed by atoms with Crippen LogP contribution in [-0.2, 0) is 4.79 Å². The molecule has 2 aromatic carbocycles. The summed E-state index contributed by atoms with van der Waals surface area (Å²) in [6, 6.07) is 19.0. The van der Waals surface area contributed by atoms with Gasteiger partial charge in [-0.3, -0.25) is 19.5 Å². The number of hydrogen-bond acceptors (Lipinski definition) is 4. The summed E-state index contributed by atoms with van der Waals surface area (Å²) in [5.41, 5.74) is 3.55. The maximum atomic E-state index is 13.1. The highest BCUT2D eigenvalue weighted by Crippen LogP contribution is 2.26. The molecule has 0 aliphatic rings. The standard InChI is InChI=1S/C27H27ClN4O2S/c1-18(2)15-31(26(34)24-8-5-13-35-24)17-25(33)30-27-29-23(20-9-11-21(28)12-10-20)16-32(27)22-7-4-6-19(3)14-22/h4-14,16,18H,15,17H2,1-3H3,(H,29,30,33). The van der Waals surface area contributed by atoms with Crippen LogP contribution in [0, 0.1) is 12.8 Å². The van der Waals surface area contributed by atoms with Gasteiger partial charge >= 0.3 is 0 Å². The second-order valence-electron chi connectivity index (χ2n) is 8.77. The van der Waals surface area contributed by atoms with Crippen LogP contribution in [0.25, 0.3) is 16.9 Å². The average molecular weight is 507 g/mol. The van der Waals surface area contributed by atoms with Gasteiger partial charge in [-0.05, 0) is 54.1 Å². The molecule has 0 spiro atoms. The lowest BCUT2D eigenvalue weighted by molar-refractivity contribution is -0.117. The highest BCUT2D eigenvalue weighted by Gasteiger charge is 2.22. The summed E-state index contributed by atoms with van der Waals surface area (Å²) in [4.78, 5) is 33.1. The van der Waals surface area contributed by atoms with Crippen LogP contribution < -0.4 is 5.32 Å². The van der Waals surface area contributed by atoms with Crippen molar-refractivity contribution in [3.63, 3.8) is 0 Å². The molecule has 35 heavy (non-hydrogen) atoms. The van der Waals surface area contributed by atoms with Crippen LogP contribution in [0.4, 0.5) is 5.95 Å². The van der Waals surface area contributed by atoms with Crippen LogP contribution in [0.1, 0.15) is 29.1 Å². The quantitative estimate of drug-likeness (QED) is 0.305. The second kappa shape index (κ2) is 10.9. The van der Waals surface area contributed by atoms with Crippen LogP contribution in [0.5, 0.6) is 0 Å². The lowest BCUT2D eigenvalue weighted by Gasteiger charge is -2.23. The molecule has 4 aromatic rings. The molecule has 0 radical (unpaired) electrons. The average Bonchev–Trinajstić information content (AvgIpc) is 3.49. The van der Waals surface area contributed by atoms with Gasteiger partial charge in [0.2, 0.25) is 11.9 Å². The minimum Gasteiger partial charge on any atom is -0.328 e. The van der Waals surface area contributed by atoms with E-state index in [-0.39, 0.29) is 24.3 Å². The molecule has 2 heterocycles. The molecule has 2 amide bonds. The van der Waals surface area contributed by atoms with Crippen molar-refractivity contribution in [2.45, 2.75) is 20.8 Å². The van der Waals surface area contributed by atoms with Crippen LogP contribution in [0.15, 0.2) is 72.2 Å². The Morgan fingerprint density at radius 1 is 1.11 bits per heavy atom. The molecular weight excluding hydrogens is 480 g/mol. The number of carbonyl (C=O) groups is 2. The fourth-order valence-electron chi connectivity index (χ4n) is 3.76. The highest BCUT2D eigenvalue weighted by atomic mass is 35.5. The number of aromatic nitrogens is 2. The third-order valence-electron chi connectivity index (χ3n) is 5.32. The molecule has 6 nitrogen and oxygen atoms in total. The fraction of sp³-hybridized carbons (Fsp3) is 0.222. The Bertz CT molecular complexity index is 1310. The number of thiophene rings is 1. The summed E-state index contributed by atoms with van der Waals surface area (Å²) in [6.45, 7) is 6.47. The van der Waals surface area contributed by atoms with E-state index in [4.69, 9.17) is 16.6 Å². The van der Waals surface area contributed by atoms with Gasteiger partial charge in [-0.15, -0.1) is 11.3 Å². The number of nitrogens with zero attached hydrogens (tertiary/aromatic N) is 3. The van der Waals surface area contributed by atoms with Gasteiger partial charge < -0.3 is 4.90 Å². The molecule has 1 N–H and O–H groups in total. The summed E-state index contributed by atoms with van der Waals surface area (Å²) in [7, 11) is 0. The molecule has 0 aliphatic heterocycles.